The van der Waals surface area contributed by atoms with Crippen LogP contribution in [0.5, 0.6) is 0 Å². The highest BCUT2D eigenvalue weighted by atomic mass is 16.1. The van der Waals surface area contributed by atoms with Crippen LogP contribution in [-0.4, -0.2) is 6.29 Å². The number of carbonyl (C=O) groups is 1. The average Bonchev–Trinajstić information content (AvgIpc) is 2.26. The van der Waals surface area contributed by atoms with Gasteiger partial charge in [0.2, 0.25) is 0 Å². The number of carbonyl (C=O) groups excluding carboxylic acids is 1. The molecular weight excluding hydrogens is 176 g/mol. The summed E-state index contributed by atoms with van der Waals surface area (Å²) in [6.45, 7) is 0. The van der Waals surface area contributed by atoms with E-state index in [2.05, 4.69) is 0 Å². The molecule has 66 valence electrons. The third-order valence-electron chi connectivity index (χ3n) is 1.62. The van der Waals surface area contributed by atoms with Gasteiger partial charge in [0, 0.05) is 0 Å². The van der Waals surface area contributed by atoms with Gasteiger partial charge in [-0.05, 0) is 23.8 Å². The van der Waals surface area contributed by atoms with Crippen molar-refractivity contribution in [2.24, 2.45) is 0 Å². The summed E-state index contributed by atoms with van der Waals surface area (Å²) in [5.41, 5.74) is 1.34. The van der Waals surface area contributed by atoms with Crippen molar-refractivity contribution in [2.75, 3.05) is 0 Å². The number of nitrogens with zero attached hydrogens (tertiary/aromatic N) is 2. The summed E-state index contributed by atoms with van der Waals surface area (Å²) in [5.74, 6) is 0. The Balaban J connectivity index is 3.01. The van der Waals surface area contributed by atoms with Gasteiger partial charge in [-0.3, -0.25) is 4.79 Å². The fourth-order valence-electron chi connectivity index (χ4n) is 0.926. The minimum atomic E-state index is 0.0645. The molecule has 3 heteroatoms. The maximum atomic E-state index is 10.3. The van der Waals surface area contributed by atoms with E-state index in [0.717, 1.165) is 5.56 Å². The van der Waals surface area contributed by atoms with Crippen LogP contribution < -0.4 is 0 Å². The van der Waals surface area contributed by atoms with Gasteiger partial charge in [0.1, 0.15) is 6.07 Å². The van der Waals surface area contributed by atoms with Crippen molar-refractivity contribution in [3.63, 3.8) is 0 Å². The number of aldehydes is 1. The van der Waals surface area contributed by atoms with E-state index in [1.54, 1.807) is 30.3 Å². The van der Waals surface area contributed by atoms with E-state index in [-0.39, 0.29) is 5.57 Å². The van der Waals surface area contributed by atoms with Crippen LogP contribution in [0.25, 0.3) is 6.08 Å². The molecule has 0 aliphatic carbocycles. The van der Waals surface area contributed by atoms with Crippen molar-refractivity contribution < 1.29 is 4.79 Å². The molecule has 0 unspecified atom stereocenters. The molecule has 0 spiro atoms. The molecule has 3 nitrogen and oxygen atoms in total. The SMILES string of the molecule is N#CC(C=O)=Cc1ccc(C#N)cc1. The molecule has 0 atom stereocenters. The molecule has 0 amide bonds. The molecular formula is C11H6N2O. The van der Waals surface area contributed by atoms with Crippen molar-refractivity contribution in [1.82, 2.24) is 0 Å². The Morgan fingerprint density at radius 2 is 1.86 bits per heavy atom. The Hall–Kier alpha value is -2.39. The summed E-state index contributed by atoms with van der Waals surface area (Å²) in [6, 6.07) is 10.4. The Morgan fingerprint density at radius 3 is 2.29 bits per heavy atom. The second-order valence-corrected chi connectivity index (χ2v) is 2.56. The van der Waals surface area contributed by atoms with E-state index in [1.807, 2.05) is 6.07 Å². The fraction of sp³-hybridized carbons (Fsp3) is 0. The Kier molecular flexibility index (Phi) is 3.18. The van der Waals surface area contributed by atoms with Gasteiger partial charge in [0.15, 0.2) is 6.29 Å². The topological polar surface area (TPSA) is 64.7 Å². The van der Waals surface area contributed by atoms with Gasteiger partial charge >= 0.3 is 0 Å². The third-order valence-corrected chi connectivity index (χ3v) is 1.62. The molecule has 0 aliphatic rings. The first-order chi connectivity index (χ1) is 6.80. The number of allylic oxidation sites excluding steroid dienone is 1. The Labute approximate surface area is 81.5 Å². The first-order valence-corrected chi connectivity index (χ1v) is 3.87. The fourth-order valence-corrected chi connectivity index (χ4v) is 0.926. The van der Waals surface area contributed by atoms with Crippen LogP contribution in [0.1, 0.15) is 11.1 Å². The highest BCUT2D eigenvalue weighted by Gasteiger charge is 1.94. The second-order valence-electron chi connectivity index (χ2n) is 2.56. The summed E-state index contributed by atoms with van der Waals surface area (Å²) >= 11 is 0. The molecule has 0 fully saturated rings. The zero-order chi connectivity index (χ0) is 10.4. The summed E-state index contributed by atoms with van der Waals surface area (Å²) in [5, 5.41) is 17.0. The van der Waals surface area contributed by atoms with Crippen molar-refractivity contribution in [3.05, 3.63) is 41.0 Å². The molecule has 0 saturated heterocycles. The van der Waals surface area contributed by atoms with Crippen molar-refractivity contribution in [2.45, 2.75) is 0 Å². The highest BCUT2D eigenvalue weighted by Crippen LogP contribution is 2.07. The van der Waals surface area contributed by atoms with Gasteiger partial charge in [-0.2, -0.15) is 10.5 Å². The maximum Gasteiger partial charge on any atom is 0.160 e. The van der Waals surface area contributed by atoms with Crippen molar-refractivity contribution in [1.29, 1.82) is 10.5 Å². The van der Waals surface area contributed by atoms with Crippen molar-refractivity contribution in [3.8, 4) is 12.1 Å². The lowest BCUT2D eigenvalue weighted by atomic mass is 10.1. The van der Waals surface area contributed by atoms with Crippen LogP contribution >= 0.6 is 0 Å². The number of benzene rings is 1. The predicted octanol–water partition coefficient (Wildman–Crippen LogP) is 1.66. The predicted molar refractivity (Wildman–Crippen MR) is 50.8 cm³/mol. The van der Waals surface area contributed by atoms with Crippen LogP contribution in [0.4, 0.5) is 0 Å². The van der Waals surface area contributed by atoms with Gasteiger partial charge in [0.05, 0.1) is 17.2 Å². The molecule has 1 aromatic rings. The van der Waals surface area contributed by atoms with Crippen LogP contribution in [0.3, 0.4) is 0 Å². The molecule has 14 heavy (non-hydrogen) atoms. The normalized spacial score (nSPS) is 10.0. The van der Waals surface area contributed by atoms with E-state index < -0.39 is 0 Å². The lowest BCUT2D eigenvalue weighted by Gasteiger charge is -1.92. The zero-order valence-corrected chi connectivity index (χ0v) is 7.27. The smallest absolute Gasteiger partial charge is 0.160 e. The zero-order valence-electron chi connectivity index (χ0n) is 7.27. The Bertz CT molecular complexity index is 444. The van der Waals surface area contributed by atoms with E-state index in [1.165, 1.54) is 6.08 Å². The molecule has 0 aliphatic heterocycles. The number of hydrogen-bond donors (Lipinski definition) is 0. The molecule has 0 aromatic heterocycles. The van der Waals surface area contributed by atoms with Crippen LogP contribution in [0.15, 0.2) is 29.8 Å². The monoisotopic (exact) mass is 182 g/mol. The number of rotatable bonds is 2. The molecule has 1 aromatic carbocycles. The first kappa shape index (κ1) is 9.70. The van der Waals surface area contributed by atoms with E-state index >= 15 is 0 Å². The molecule has 0 N–H and O–H groups in total. The summed E-state index contributed by atoms with van der Waals surface area (Å²) < 4.78 is 0. The molecule has 0 bridgehead atoms. The molecule has 1 rings (SSSR count). The third kappa shape index (κ3) is 2.30. The summed E-state index contributed by atoms with van der Waals surface area (Å²) in [4.78, 5) is 10.3. The van der Waals surface area contributed by atoms with Gasteiger partial charge in [0.25, 0.3) is 0 Å². The van der Waals surface area contributed by atoms with Gasteiger partial charge < -0.3 is 0 Å². The standard InChI is InChI=1S/C11H6N2O/c12-6-10-3-1-9(2-4-10)5-11(7-13)8-14/h1-5,8H. The van der Waals surface area contributed by atoms with Gasteiger partial charge in [-0.1, -0.05) is 12.1 Å². The first-order valence-electron chi connectivity index (χ1n) is 3.87. The van der Waals surface area contributed by atoms with Crippen LogP contribution in [-0.2, 0) is 4.79 Å². The summed E-state index contributed by atoms with van der Waals surface area (Å²) in [6.07, 6.45) is 1.96. The van der Waals surface area contributed by atoms with Crippen molar-refractivity contribution >= 4 is 12.4 Å². The maximum absolute atomic E-state index is 10.3. The van der Waals surface area contributed by atoms with E-state index in [9.17, 15) is 4.79 Å². The van der Waals surface area contributed by atoms with E-state index in [4.69, 9.17) is 10.5 Å². The minimum absolute atomic E-state index is 0.0645. The van der Waals surface area contributed by atoms with Crippen LogP contribution in [0, 0.1) is 22.7 Å². The molecule has 0 saturated carbocycles. The lowest BCUT2D eigenvalue weighted by Crippen LogP contribution is -1.80. The second kappa shape index (κ2) is 4.59. The molecule has 0 radical (unpaired) electrons. The largest absolute Gasteiger partial charge is 0.297 e. The van der Waals surface area contributed by atoms with Crippen LogP contribution in [0.2, 0.25) is 0 Å². The Morgan fingerprint density at radius 1 is 1.21 bits per heavy atom. The van der Waals surface area contributed by atoms with E-state index in [0.29, 0.717) is 11.8 Å². The average molecular weight is 182 g/mol. The summed E-state index contributed by atoms with van der Waals surface area (Å²) in [7, 11) is 0. The minimum Gasteiger partial charge on any atom is -0.297 e. The van der Waals surface area contributed by atoms with Gasteiger partial charge in [-0.15, -0.1) is 0 Å². The highest BCUT2D eigenvalue weighted by molar-refractivity contribution is 5.86. The number of nitriles is 2. The molecule has 0 heterocycles. The quantitative estimate of drug-likeness (QED) is 0.397. The lowest BCUT2D eigenvalue weighted by molar-refractivity contribution is -0.104. The number of hydrogen-bond acceptors (Lipinski definition) is 3. The van der Waals surface area contributed by atoms with Gasteiger partial charge in [-0.25, -0.2) is 0 Å².